The molecule has 1 aliphatic rings. The fourth-order valence-electron chi connectivity index (χ4n) is 3.18. The number of carbonyl (C=O) groups is 1. The standard InChI is InChI=1S/C18H27FO.CH2O2/c1-3-15(2)17-9-7-16(8-10-17)11-14-18(20-19)12-5-4-6-13-18;2-1-3/h7-10,15H,3-6,11-14H2,1-2H3;1H,(H,2,3). The zero-order valence-corrected chi connectivity index (χ0v) is 14.3. The summed E-state index contributed by atoms with van der Waals surface area (Å²) in [7, 11) is 0. The fourth-order valence-corrected chi connectivity index (χ4v) is 3.18. The Kier molecular flexibility index (Phi) is 8.85. The van der Waals surface area contributed by atoms with E-state index in [0.29, 0.717) is 5.92 Å². The van der Waals surface area contributed by atoms with Crippen LogP contribution >= 0.6 is 0 Å². The zero-order valence-electron chi connectivity index (χ0n) is 14.3. The fraction of sp³-hybridized carbons (Fsp3) is 0.632. The highest BCUT2D eigenvalue weighted by Crippen LogP contribution is 2.35. The Bertz CT molecular complexity index is 438. The number of carboxylic acid groups (broad SMARTS) is 1. The Morgan fingerprint density at radius 2 is 1.83 bits per heavy atom. The van der Waals surface area contributed by atoms with Gasteiger partial charge in [-0.3, -0.25) is 4.79 Å². The quantitative estimate of drug-likeness (QED) is 0.709. The molecule has 1 saturated carbocycles. The van der Waals surface area contributed by atoms with Crippen molar-refractivity contribution in [1.82, 2.24) is 0 Å². The summed E-state index contributed by atoms with van der Waals surface area (Å²) in [6.45, 7) is 4.22. The number of benzene rings is 1. The van der Waals surface area contributed by atoms with Crippen LogP contribution in [-0.2, 0) is 16.2 Å². The molecule has 0 bridgehead atoms. The topological polar surface area (TPSA) is 46.5 Å². The van der Waals surface area contributed by atoms with Crippen molar-refractivity contribution in [3.63, 3.8) is 0 Å². The van der Waals surface area contributed by atoms with Crippen molar-refractivity contribution >= 4 is 6.47 Å². The third-order valence-electron chi connectivity index (χ3n) is 4.96. The second-order valence-corrected chi connectivity index (χ2v) is 6.48. The van der Waals surface area contributed by atoms with Gasteiger partial charge in [-0.25, -0.2) is 0 Å². The minimum atomic E-state index is -0.506. The monoisotopic (exact) mass is 324 g/mol. The maximum atomic E-state index is 13.0. The second kappa shape index (κ2) is 10.4. The van der Waals surface area contributed by atoms with Gasteiger partial charge in [-0.05, 0) is 53.7 Å². The van der Waals surface area contributed by atoms with Crippen LogP contribution in [0.25, 0.3) is 0 Å². The summed E-state index contributed by atoms with van der Waals surface area (Å²) in [5, 5.41) is 6.89. The number of hydrogen-bond acceptors (Lipinski definition) is 2. The number of halogens is 1. The molecule has 1 aliphatic carbocycles. The summed E-state index contributed by atoms with van der Waals surface area (Å²) >= 11 is 0. The van der Waals surface area contributed by atoms with Gasteiger partial charge in [-0.1, -0.05) is 57.4 Å². The molecular weight excluding hydrogens is 295 g/mol. The van der Waals surface area contributed by atoms with Crippen molar-refractivity contribution in [2.75, 3.05) is 0 Å². The van der Waals surface area contributed by atoms with Crippen molar-refractivity contribution in [3.8, 4) is 0 Å². The summed E-state index contributed by atoms with van der Waals surface area (Å²) in [4.78, 5) is 12.7. The predicted molar refractivity (Wildman–Crippen MR) is 90.2 cm³/mol. The van der Waals surface area contributed by atoms with E-state index in [1.807, 2.05) is 0 Å². The highest BCUT2D eigenvalue weighted by Gasteiger charge is 2.33. The molecule has 1 aromatic rings. The van der Waals surface area contributed by atoms with Gasteiger partial charge >= 0.3 is 0 Å². The van der Waals surface area contributed by atoms with Crippen molar-refractivity contribution in [1.29, 1.82) is 0 Å². The average Bonchev–Trinajstić information content (AvgIpc) is 2.61. The first kappa shape index (κ1) is 19.6. The predicted octanol–water partition coefficient (Wildman–Crippen LogP) is 5.44. The Hall–Kier alpha value is -1.42. The van der Waals surface area contributed by atoms with Crippen LogP contribution in [0.3, 0.4) is 0 Å². The molecular formula is C19H29FO3. The molecule has 1 atom stereocenters. The molecule has 1 unspecified atom stereocenters. The molecule has 1 fully saturated rings. The first-order valence-electron chi connectivity index (χ1n) is 8.57. The van der Waals surface area contributed by atoms with E-state index in [2.05, 4.69) is 43.1 Å². The van der Waals surface area contributed by atoms with Crippen LogP contribution in [0.15, 0.2) is 24.3 Å². The van der Waals surface area contributed by atoms with E-state index in [0.717, 1.165) is 44.9 Å². The van der Waals surface area contributed by atoms with Crippen LogP contribution < -0.4 is 0 Å². The number of hydrogen-bond donors (Lipinski definition) is 1. The lowest BCUT2D eigenvalue weighted by molar-refractivity contribution is -0.249. The van der Waals surface area contributed by atoms with Crippen LogP contribution in [0.1, 0.15) is 75.8 Å². The van der Waals surface area contributed by atoms with E-state index in [1.165, 1.54) is 17.5 Å². The van der Waals surface area contributed by atoms with Gasteiger partial charge in [0.15, 0.2) is 0 Å². The third kappa shape index (κ3) is 6.30. The molecule has 2 rings (SSSR count). The van der Waals surface area contributed by atoms with E-state index in [9.17, 15) is 4.53 Å². The van der Waals surface area contributed by atoms with Gasteiger partial charge in [0.1, 0.15) is 5.60 Å². The number of aryl methyl sites for hydroxylation is 1. The van der Waals surface area contributed by atoms with Crippen LogP contribution in [0.5, 0.6) is 0 Å². The normalized spacial score (nSPS) is 17.7. The Morgan fingerprint density at radius 3 is 2.30 bits per heavy atom. The van der Waals surface area contributed by atoms with Crippen LogP contribution in [0.4, 0.5) is 4.53 Å². The molecule has 0 amide bonds. The highest BCUT2D eigenvalue weighted by atomic mass is 19.3. The van der Waals surface area contributed by atoms with Gasteiger partial charge in [0.05, 0.1) is 0 Å². The van der Waals surface area contributed by atoms with E-state index in [4.69, 9.17) is 9.90 Å². The second-order valence-electron chi connectivity index (χ2n) is 6.48. The molecule has 0 spiro atoms. The molecule has 0 radical (unpaired) electrons. The smallest absolute Gasteiger partial charge is 0.290 e. The third-order valence-corrected chi connectivity index (χ3v) is 4.96. The maximum absolute atomic E-state index is 13.0. The van der Waals surface area contributed by atoms with E-state index in [-0.39, 0.29) is 6.47 Å². The summed E-state index contributed by atoms with van der Waals surface area (Å²) < 4.78 is 13.0. The first-order chi connectivity index (χ1) is 11.1. The molecule has 0 heterocycles. The Balaban J connectivity index is 0.000000816. The van der Waals surface area contributed by atoms with Crippen LogP contribution in [0.2, 0.25) is 0 Å². The Morgan fingerprint density at radius 1 is 1.26 bits per heavy atom. The van der Waals surface area contributed by atoms with Crippen molar-refractivity contribution in [3.05, 3.63) is 35.4 Å². The summed E-state index contributed by atoms with van der Waals surface area (Å²) in [5.41, 5.74) is 2.18. The van der Waals surface area contributed by atoms with Crippen LogP contribution in [0, 0.1) is 0 Å². The number of rotatable bonds is 6. The summed E-state index contributed by atoms with van der Waals surface area (Å²) in [6, 6.07) is 8.81. The minimum Gasteiger partial charge on any atom is -0.483 e. The molecule has 0 aromatic heterocycles. The van der Waals surface area contributed by atoms with E-state index in [1.54, 1.807) is 0 Å². The molecule has 23 heavy (non-hydrogen) atoms. The highest BCUT2D eigenvalue weighted by molar-refractivity contribution is 5.32. The van der Waals surface area contributed by atoms with E-state index < -0.39 is 5.60 Å². The Labute approximate surface area is 138 Å². The van der Waals surface area contributed by atoms with Crippen molar-refractivity contribution in [2.24, 2.45) is 0 Å². The van der Waals surface area contributed by atoms with Crippen LogP contribution in [-0.4, -0.2) is 17.2 Å². The van der Waals surface area contributed by atoms with Gasteiger partial charge in [0, 0.05) is 0 Å². The average molecular weight is 324 g/mol. The summed E-state index contributed by atoms with van der Waals surface area (Å²) in [5.74, 6) is 0.614. The maximum Gasteiger partial charge on any atom is 0.290 e. The van der Waals surface area contributed by atoms with Gasteiger partial charge < -0.3 is 5.11 Å². The largest absolute Gasteiger partial charge is 0.483 e. The van der Waals surface area contributed by atoms with Gasteiger partial charge in [0.25, 0.3) is 6.47 Å². The zero-order chi connectivity index (χ0) is 17.1. The van der Waals surface area contributed by atoms with Gasteiger partial charge in [0.2, 0.25) is 0 Å². The lowest BCUT2D eigenvalue weighted by Gasteiger charge is -2.32. The molecule has 3 nitrogen and oxygen atoms in total. The molecule has 1 aromatic carbocycles. The van der Waals surface area contributed by atoms with Crippen molar-refractivity contribution < 1.29 is 19.4 Å². The van der Waals surface area contributed by atoms with Gasteiger partial charge in [-0.2, -0.15) is 4.94 Å². The SMILES string of the molecule is CCC(C)c1ccc(CCC2(OF)CCCCC2)cc1.O=CO. The first-order valence-corrected chi connectivity index (χ1v) is 8.57. The molecule has 1 N–H and O–H groups in total. The van der Waals surface area contributed by atoms with Crippen molar-refractivity contribution in [2.45, 2.75) is 76.7 Å². The minimum absolute atomic E-state index is 0.250. The lowest BCUT2D eigenvalue weighted by atomic mass is 9.81. The van der Waals surface area contributed by atoms with E-state index >= 15 is 0 Å². The molecule has 0 saturated heterocycles. The summed E-state index contributed by atoms with van der Waals surface area (Å²) in [6.07, 6.45) is 8.01. The molecule has 4 heteroatoms. The molecule has 0 aliphatic heterocycles. The van der Waals surface area contributed by atoms with Gasteiger partial charge in [-0.15, -0.1) is 0 Å². The lowest BCUT2D eigenvalue weighted by Crippen LogP contribution is -2.33. The molecule has 130 valence electrons.